The van der Waals surface area contributed by atoms with Crippen LogP contribution in [0.4, 0.5) is 8.78 Å². The molecule has 3 rings (SSSR count). The number of carbonyl (C=O) groups excluding carboxylic acids is 1. The molecule has 0 aliphatic heterocycles. The molecular weight excluding hydrogens is 434 g/mol. The Morgan fingerprint density at radius 2 is 2.07 bits per heavy atom. The zero-order valence-electron chi connectivity index (χ0n) is 14.3. The Bertz CT molecular complexity index is 1160. The summed E-state index contributed by atoms with van der Waals surface area (Å²) in [5, 5.41) is 12.0. The summed E-state index contributed by atoms with van der Waals surface area (Å²) in [5.74, 6) is -2.26. The molecule has 1 aromatic heterocycles. The van der Waals surface area contributed by atoms with Gasteiger partial charge in [-0.05, 0) is 24.3 Å². The second-order valence-corrected chi connectivity index (χ2v) is 6.87. The Hall–Kier alpha value is -3.12. The van der Waals surface area contributed by atoms with Gasteiger partial charge in [0.05, 0.1) is 23.3 Å². The topological polar surface area (TPSA) is 87.8 Å². The Balaban J connectivity index is 1.72. The van der Waals surface area contributed by atoms with Gasteiger partial charge in [0.15, 0.2) is 0 Å². The summed E-state index contributed by atoms with van der Waals surface area (Å²) in [6.07, 6.45) is 1.22. The first-order chi connectivity index (χ1) is 13.4. The van der Waals surface area contributed by atoms with Crippen molar-refractivity contribution in [2.24, 2.45) is 0 Å². The molecule has 1 unspecified atom stereocenters. The van der Waals surface area contributed by atoms with Crippen molar-refractivity contribution >= 4 is 32.7 Å². The SMILES string of the molecule is N#CC(NC(=O)CCn1cnc2ccc(Br)cc2c1=O)c1ccc(F)cc1F. The predicted molar refractivity (Wildman–Crippen MR) is 101 cm³/mol. The average molecular weight is 447 g/mol. The van der Waals surface area contributed by atoms with E-state index in [4.69, 9.17) is 0 Å². The molecule has 0 aliphatic carbocycles. The Labute approximate surface area is 166 Å². The van der Waals surface area contributed by atoms with E-state index in [1.807, 2.05) is 0 Å². The number of aryl methyl sites for hydroxylation is 1. The highest BCUT2D eigenvalue weighted by Gasteiger charge is 2.18. The second-order valence-electron chi connectivity index (χ2n) is 5.95. The fourth-order valence-electron chi connectivity index (χ4n) is 2.66. The van der Waals surface area contributed by atoms with Gasteiger partial charge in [-0.1, -0.05) is 22.0 Å². The van der Waals surface area contributed by atoms with Gasteiger partial charge in [0.1, 0.15) is 17.7 Å². The van der Waals surface area contributed by atoms with Gasteiger partial charge in [-0.3, -0.25) is 14.2 Å². The molecular formula is C19H13BrF2N4O2. The molecule has 2 aromatic carbocycles. The number of nitrogens with zero attached hydrogens (tertiary/aromatic N) is 3. The highest BCUT2D eigenvalue weighted by Crippen LogP contribution is 2.18. The number of benzene rings is 2. The third-order valence-corrected chi connectivity index (χ3v) is 4.57. The van der Waals surface area contributed by atoms with Crippen molar-refractivity contribution in [1.29, 1.82) is 5.26 Å². The van der Waals surface area contributed by atoms with Gasteiger partial charge in [0.25, 0.3) is 5.56 Å². The lowest BCUT2D eigenvalue weighted by Gasteiger charge is -2.13. The lowest BCUT2D eigenvalue weighted by molar-refractivity contribution is -0.121. The molecule has 0 fully saturated rings. The van der Waals surface area contributed by atoms with Crippen LogP contribution in [-0.4, -0.2) is 15.5 Å². The molecule has 0 spiro atoms. The van der Waals surface area contributed by atoms with Crippen molar-refractivity contribution in [2.45, 2.75) is 19.0 Å². The number of nitrogens with one attached hydrogen (secondary N) is 1. The summed E-state index contributed by atoms with van der Waals surface area (Å²) in [4.78, 5) is 28.8. The maximum Gasteiger partial charge on any atom is 0.261 e. The summed E-state index contributed by atoms with van der Waals surface area (Å²) in [6, 6.07) is 8.37. The summed E-state index contributed by atoms with van der Waals surface area (Å²) >= 11 is 3.30. The van der Waals surface area contributed by atoms with Gasteiger partial charge >= 0.3 is 0 Å². The van der Waals surface area contributed by atoms with E-state index in [1.54, 1.807) is 24.3 Å². The number of amides is 1. The van der Waals surface area contributed by atoms with Crippen LogP contribution in [0.2, 0.25) is 0 Å². The lowest BCUT2D eigenvalue weighted by Crippen LogP contribution is -2.30. The van der Waals surface area contributed by atoms with E-state index >= 15 is 0 Å². The van der Waals surface area contributed by atoms with Gasteiger partial charge in [-0.15, -0.1) is 0 Å². The van der Waals surface area contributed by atoms with Crippen molar-refractivity contribution in [3.63, 3.8) is 0 Å². The average Bonchev–Trinajstić information content (AvgIpc) is 2.66. The van der Waals surface area contributed by atoms with E-state index in [2.05, 4.69) is 26.2 Å². The van der Waals surface area contributed by atoms with Crippen LogP contribution in [0.15, 0.2) is 52.0 Å². The number of hydrogen-bond acceptors (Lipinski definition) is 4. The summed E-state index contributed by atoms with van der Waals surface area (Å²) in [6.45, 7) is 0.0319. The van der Waals surface area contributed by atoms with Crippen LogP contribution in [0.1, 0.15) is 18.0 Å². The van der Waals surface area contributed by atoms with Gasteiger partial charge in [0, 0.05) is 29.1 Å². The molecule has 0 radical (unpaired) electrons. The first-order valence-corrected chi connectivity index (χ1v) is 8.97. The zero-order valence-corrected chi connectivity index (χ0v) is 15.9. The standard InChI is InChI=1S/C19H13BrF2N4O2/c20-11-1-4-16-14(7-11)19(28)26(10-24-16)6-5-18(27)25-17(9-23)13-3-2-12(21)8-15(13)22/h1-4,7-8,10,17H,5-6H2,(H,25,27). The molecule has 1 N–H and O–H groups in total. The smallest absolute Gasteiger partial charge is 0.261 e. The molecule has 3 aromatic rings. The third kappa shape index (κ3) is 4.23. The molecule has 0 bridgehead atoms. The number of hydrogen-bond donors (Lipinski definition) is 1. The van der Waals surface area contributed by atoms with Crippen LogP contribution >= 0.6 is 15.9 Å². The third-order valence-electron chi connectivity index (χ3n) is 4.07. The van der Waals surface area contributed by atoms with E-state index in [0.29, 0.717) is 17.0 Å². The van der Waals surface area contributed by atoms with Crippen molar-refractivity contribution in [1.82, 2.24) is 14.9 Å². The molecule has 9 heteroatoms. The molecule has 0 aliphatic rings. The van der Waals surface area contributed by atoms with E-state index in [-0.39, 0.29) is 24.1 Å². The van der Waals surface area contributed by atoms with Gasteiger partial charge in [-0.2, -0.15) is 5.26 Å². The molecule has 28 heavy (non-hydrogen) atoms. The van der Waals surface area contributed by atoms with E-state index in [9.17, 15) is 23.6 Å². The number of fused-ring (bicyclic) bond motifs is 1. The van der Waals surface area contributed by atoms with E-state index in [1.165, 1.54) is 10.9 Å². The number of nitriles is 1. The van der Waals surface area contributed by atoms with Gasteiger partial charge in [0.2, 0.25) is 5.91 Å². The Kier molecular flexibility index (Phi) is 5.80. The minimum Gasteiger partial charge on any atom is -0.336 e. The van der Waals surface area contributed by atoms with Crippen LogP contribution in [0.25, 0.3) is 10.9 Å². The number of carbonyl (C=O) groups is 1. The van der Waals surface area contributed by atoms with Crippen LogP contribution in [0.3, 0.4) is 0 Å². The monoisotopic (exact) mass is 446 g/mol. The zero-order chi connectivity index (χ0) is 20.3. The highest BCUT2D eigenvalue weighted by molar-refractivity contribution is 9.10. The van der Waals surface area contributed by atoms with E-state index < -0.39 is 23.6 Å². The number of halogens is 3. The summed E-state index contributed by atoms with van der Waals surface area (Å²) in [7, 11) is 0. The van der Waals surface area contributed by atoms with Crippen molar-refractivity contribution < 1.29 is 13.6 Å². The Morgan fingerprint density at radius 1 is 1.29 bits per heavy atom. The molecule has 0 saturated carbocycles. The van der Waals surface area contributed by atoms with Gasteiger partial charge < -0.3 is 5.32 Å². The van der Waals surface area contributed by atoms with Crippen LogP contribution < -0.4 is 10.9 Å². The molecule has 0 saturated heterocycles. The summed E-state index contributed by atoms with van der Waals surface area (Å²) < 4.78 is 28.8. The minimum absolute atomic E-state index is 0.0319. The second kappa shape index (κ2) is 8.27. The van der Waals surface area contributed by atoms with Crippen LogP contribution in [0, 0.1) is 23.0 Å². The fraction of sp³-hybridized carbons (Fsp3) is 0.158. The maximum atomic E-state index is 13.8. The first kappa shape index (κ1) is 19.6. The van der Waals surface area contributed by atoms with Gasteiger partial charge in [-0.25, -0.2) is 13.8 Å². The lowest BCUT2D eigenvalue weighted by atomic mass is 10.1. The maximum absolute atomic E-state index is 13.8. The van der Waals surface area contributed by atoms with E-state index in [0.717, 1.165) is 16.6 Å². The normalized spacial score (nSPS) is 11.8. The van der Waals surface area contributed by atoms with Crippen molar-refractivity contribution in [2.75, 3.05) is 0 Å². The molecule has 142 valence electrons. The number of aromatic nitrogens is 2. The number of rotatable bonds is 5. The molecule has 1 amide bonds. The highest BCUT2D eigenvalue weighted by atomic mass is 79.9. The first-order valence-electron chi connectivity index (χ1n) is 8.17. The molecule has 6 nitrogen and oxygen atoms in total. The van der Waals surface area contributed by atoms with Crippen LogP contribution in [0.5, 0.6) is 0 Å². The largest absolute Gasteiger partial charge is 0.336 e. The summed E-state index contributed by atoms with van der Waals surface area (Å²) in [5.41, 5.74) is 0.0948. The quantitative estimate of drug-likeness (QED) is 0.651. The van der Waals surface area contributed by atoms with Crippen LogP contribution in [-0.2, 0) is 11.3 Å². The Morgan fingerprint density at radius 3 is 2.79 bits per heavy atom. The van der Waals surface area contributed by atoms with Crippen molar-refractivity contribution in [3.05, 3.63) is 74.7 Å². The molecule has 1 heterocycles. The minimum atomic E-state index is -1.27. The van der Waals surface area contributed by atoms with Crippen molar-refractivity contribution in [3.8, 4) is 6.07 Å². The predicted octanol–water partition coefficient (Wildman–Crippen LogP) is 3.21. The molecule has 1 atom stereocenters. The fourth-order valence-corrected chi connectivity index (χ4v) is 3.02.